The summed E-state index contributed by atoms with van der Waals surface area (Å²) in [6.07, 6.45) is 0.821. The number of carbonyl (C=O) groups excluding carboxylic acids is 1. The van der Waals surface area contributed by atoms with Gasteiger partial charge in [0.1, 0.15) is 0 Å². The number of carbonyl (C=O) groups is 1. The lowest BCUT2D eigenvalue weighted by Gasteiger charge is -2.36. The molecule has 1 aliphatic heterocycles. The van der Waals surface area contributed by atoms with Crippen molar-refractivity contribution in [1.82, 2.24) is 9.47 Å². The summed E-state index contributed by atoms with van der Waals surface area (Å²) in [5, 5.41) is 3.60. The Morgan fingerprint density at radius 2 is 1.90 bits per heavy atom. The van der Waals surface area contributed by atoms with Gasteiger partial charge < -0.3 is 19.5 Å². The quantitative estimate of drug-likeness (QED) is 0.602. The Morgan fingerprint density at radius 1 is 1.13 bits per heavy atom. The number of piperazine rings is 1. The summed E-state index contributed by atoms with van der Waals surface area (Å²) in [5.41, 5.74) is 3.03. The SMILES string of the molecule is CCN1CCN(c2ccc(Cl)cc2NC(=O)CCCn2c(=O)oc3ccccc32)CC1. The molecule has 0 saturated carbocycles. The molecule has 1 N–H and O–H groups in total. The monoisotopic (exact) mass is 442 g/mol. The van der Waals surface area contributed by atoms with Gasteiger partial charge in [-0.05, 0) is 43.3 Å². The number of oxazole rings is 1. The molecule has 0 atom stereocenters. The van der Waals surface area contributed by atoms with Gasteiger partial charge in [0.05, 0.1) is 16.9 Å². The van der Waals surface area contributed by atoms with Gasteiger partial charge in [0.2, 0.25) is 5.91 Å². The number of aryl methyl sites for hydroxylation is 1. The summed E-state index contributed by atoms with van der Waals surface area (Å²) >= 11 is 6.20. The molecule has 0 radical (unpaired) electrons. The molecule has 1 aliphatic rings. The number of halogens is 1. The normalized spacial score (nSPS) is 14.8. The van der Waals surface area contributed by atoms with Crippen LogP contribution in [0.2, 0.25) is 5.02 Å². The van der Waals surface area contributed by atoms with E-state index in [9.17, 15) is 9.59 Å². The number of amides is 1. The van der Waals surface area contributed by atoms with Crippen molar-refractivity contribution < 1.29 is 9.21 Å². The number of para-hydroxylation sites is 2. The predicted molar refractivity (Wildman–Crippen MR) is 124 cm³/mol. The molecule has 2 heterocycles. The predicted octanol–water partition coefficient (Wildman–Crippen LogP) is 3.81. The van der Waals surface area contributed by atoms with E-state index in [1.807, 2.05) is 30.3 Å². The minimum Gasteiger partial charge on any atom is -0.408 e. The fraction of sp³-hybridized carbons (Fsp3) is 0.391. The molecule has 8 heteroatoms. The molecule has 1 fully saturated rings. The summed E-state index contributed by atoms with van der Waals surface area (Å²) in [4.78, 5) is 29.4. The molecule has 0 bridgehead atoms. The van der Waals surface area contributed by atoms with Crippen molar-refractivity contribution in [3.05, 3.63) is 58.0 Å². The summed E-state index contributed by atoms with van der Waals surface area (Å²) in [5.74, 6) is -0.499. The average molecular weight is 443 g/mol. The van der Waals surface area contributed by atoms with Crippen LogP contribution in [0.1, 0.15) is 19.8 Å². The molecule has 1 amide bonds. The molecular weight excluding hydrogens is 416 g/mol. The first-order chi connectivity index (χ1) is 15.0. The first-order valence-electron chi connectivity index (χ1n) is 10.7. The molecule has 4 rings (SSSR count). The highest BCUT2D eigenvalue weighted by molar-refractivity contribution is 6.31. The van der Waals surface area contributed by atoms with Gasteiger partial charge in [-0.3, -0.25) is 9.36 Å². The second kappa shape index (κ2) is 9.58. The number of fused-ring (bicyclic) bond motifs is 1. The highest BCUT2D eigenvalue weighted by atomic mass is 35.5. The molecule has 1 saturated heterocycles. The van der Waals surface area contributed by atoms with Crippen LogP contribution in [-0.4, -0.2) is 48.1 Å². The van der Waals surface area contributed by atoms with Crippen LogP contribution in [0, 0.1) is 0 Å². The first-order valence-corrected chi connectivity index (χ1v) is 11.1. The standard InChI is InChI=1S/C23H27ClN4O3/c1-2-26-12-14-27(15-13-26)19-10-9-17(24)16-18(19)25-22(29)8-5-11-28-20-6-3-4-7-21(20)31-23(28)30/h3-4,6-7,9-10,16H,2,5,8,11-15H2,1H3,(H,25,29). The molecule has 1 aromatic heterocycles. The van der Waals surface area contributed by atoms with Gasteiger partial charge in [-0.15, -0.1) is 0 Å². The zero-order valence-corrected chi connectivity index (χ0v) is 18.4. The van der Waals surface area contributed by atoms with Gasteiger partial charge in [0, 0.05) is 44.2 Å². The van der Waals surface area contributed by atoms with Gasteiger partial charge in [-0.1, -0.05) is 30.7 Å². The number of nitrogens with zero attached hydrogens (tertiary/aromatic N) is 3. The lowest BCUT2D eigenvalue weighted by atomic mass is 10.2. The number of nitrogens with one attached hydrogen (secondary N) is 1. The van der Waals surface area contributed by atoms with Crippen molar-refractivity contribution in [2.45, 2.75) is 26.3 Å². The van der Waals surface area contributed by atoms with Crippen molar-refractivity contribution >= 4 is 40.0 Å². The molecule has 0 spiro atoms. The Morgan fingerprint density at radius 3 is 2.68 bits per heavy atom. The van der Waals surface area contributed by atoms with Crippen LogP contribution < -0.4 is 16.0 Å². The van der Waals surface area contributed by atoms with E-state index < -0.39 is 5.76 Å². The van der Waals surface area contributed by atoms with E-state index in [4.69, 9.17) is 16.0 Å². The van der Waals surface area contributed by atoms with E-state index in [-0.39, 0.29) is 5.91 Å². The Bertz CT molecular complexity index is 1120. The Hall–Kier alpha value is -2.77. The minimum absolute atomic E-state index is 0.100. The van der Waals surface area contributed by atoms with Gasteiger partial charge in [-0.2, -0.15) is 0 Å². The average Bonchev–Trinajstić information content (AvgIpc) is 3.09. The van der Waals surface area contributed by atoms with Crippen molar-refractivity contribution in [1.29, 1.82) is 0 Å². The molecule has 31 heavy (non-hydrogen) atoms. The van der Waals surface area contributed by atoms with E-state index in [1.54, 1.807) is 16.7 Å². The highest BCUT2D eigenvalue weighted by Crippen LogP contribution is 2.30. The van der Waals surface area contributed by atoms with E-state index in [1.165, 1.54) is 0 Å². The van der Waals surface area contributed by atoms with Crippen molar-refractivity contribution in [3.63, 3.8) is 0 Å². The van der Waals surface area contributed by atoms with Crippen LogP contribution >= 0.6 is 11.6 Å². The molecule has 0 aliphatic carbocycles. The number of likely N-dealkylation sites (N-methyl/N-ethyl adjacent to an activating group) is 1. The Balaban J connectivity index is 1.39. The van der Waals surface area contributed by atoms with Gasteiger partial charge in [0.15, 0.2) is 5.58 Å². The minimum atomic E-state index is -0.398. The Labute approximate surface area is 186 Å². The van der Waals surface area contributed by atoms with Crippen LogP contribution in [0.15, 0.2) is 51.7 Å². The maximum atomic E-state index is 12.6. The highest BCUT2D eigenvalue weighted by Gasteiger charge is 2.19. The number of aromatic nitrogens is 1. The van der Waals surface area contributed by atoms with E-state index >= 15 is 0 Å². The molecule has 2 aromatic carbocycles. The van der Waals surface area contributed by atoms with E-state index in [0.717, 1.165) is 49.6 Å². The van der Waals surface area contributed by atoms with Crippen LogP contribution in [0.5, 0.6) is 0 Å². The lowest BCUT2D eigenvalue weighted by molar-refractivity contribution is -0.116. The number of rotatable bonds is 7. The maximum absolute atomic E-state index is 12.6. The molecule has 7 nitrogen and oxygen atoms in total. The number of hydrogen-bond acceptors (Lipinski definition) is 5. The van der Waals surface area contributed by atoms with Crippen LogP contribution in [-0.2, 0) is 11.3 Å². The summed E-state index contributed by atoms with van der Waals surface area (Å²) in [6, 6.07) is 12.9. The molecule has 164 valence electrons. The second-order valence-corrected chi connectivity index (χ2v) is 8.16. The third-order valence-electron chi connectivity index (χ3n) is 5.75. The first kappa shape index (κ1) is 21.5. The second-order valence-electron chi connectivity index (χ2n) is 7.72. The fourth-order valence-corrected chi connectivity index (χ4v) is 4.20. The number of hydrogen-bond donors (Lipinski definition) is 1. The number of benzene rings is 2. The third kappa shape index (κ3) is 4.94. The zero-order chi connectivity index (χ0) is 21.8. The summed E-state index contributed by atoms with van der Waals surface area (Å²) < 4.78 is 6.82. The summed E-state index contributed by atoms with van der Waals surface area (Å²) in [6.45, 7) is 7.46. The molecule has 3 aromatic rings. The largest absolute Gasteiger partial charge is 0.419 e. The Kier molecular flexibility index (Phi) is 6.63. The van der Waals surface area contributed by atoms with E-state index in [0.29, 0.717) is 30.0 Å². The topological polar surface area (TPSA) is 70.7 Å². The smallest absolute Gasteiger partial charge is 0.408 e. The molecule has 0 unspecified atom stereocenters. The lowest BCUT2D eigenvalue weighted by Crippen LogP contribution is -2.46. The van der Waals surface area contributed by atoms with Crippen molar-refractivity contribution in [3.8, 4) is 0 Å². The van der Waals surface area contributed by atoms with Gasteiger partial charge in [0.25, 0.3) is 0 Å². The van der Waals surface area contributed by atoms with Crippen LogP contribution in [0.3, 0.4) is 0 Å². The molecular formula is C23H27ClN4O3. The van der Waals surface area contributed by atoms with Crippen LogP contribution in [0.4, 0.5) is 11.4 Å². The zero-order valence-electron chi connectivity index (χ0n) is 17.6. The fourth-order valence-electron chi connectivity index (χ4n) is 4.03. The van der Waals surface area contributed by atoms with Crippen LogP contribution in [0.25, 0.3) is 11.1 Å². The third-order valence-corrected chi connectivity index (χ3v) is 5.99. The van der Waals surface area contributed by atoms with E-state index in [2.05, 4.69) is 22.0 Å². The number of anilines is 2. The van der Waals surface area contributed by atoms with Crippen molar-refractivity contribution in [2.24, 2.45) is 0 Å². The van der Waals surface area contributed by atoms with Gasteiger partial charge >= 0.3 is 5.76 Å². The van der Waals surface area contributed by atoms with Gasteiger partial charge in [-0.25, -0.2) is 4.79 Å². The van der Waals surface area contributed by atoms with Crippen molar-refractivity contribution in [2.75, 3.05) is 42.9 Å². The summed E-state index contributed by atoms with van der Waals surface area (Å²) in [7, 11) is 0. The maximum Gasteiger partial charge on any atom is 0.419 e.